The Morgan fingerprint density at radius 3 is 2.66 bits per heavy atom. The van der Waals surface area contributed by atoms with Crippen LogP contribution in [-0.4, -0.2) is 63.5 Å². The molecule has 0 aromatic heterocycles. The van der Waals surface area contributed by atoms with E-state index in [9.17, 15) is 0 Å². The third-order valence-electron chi connectivity index (χ3n) is 4.65. The second-order valence-corrected chi connectivity index (χ2v) is 7.20. The second kappa shape index (κ2) is 15.1. The maximum Gasteiger partial charge on any atom is 0.194 e. The highest BCUT2D eigenvalue weighted by atomic mass is 127. The average molecular weight is 540 g/mol. The topological polar surface area (TPSA) is 55.3 Å². The SMILES string of the molecule is CCNC(=NCc1ccc(Cl)cc1OCC)N1CCC(OCCCOC)CC1.I. The average Bonchev–Trinajstić information content (AvgIpc) is 2.70. The van der Waals surface area contributed by atoms with Gasteiger partial charge in [0.05, 0.1) is 19.3 Å². The second-order valence-electron chi connectivity index (χ2n) is 6.76. The zero-order valence-corrected chi connectivity index (χ0v) is 20.9. The number of halogens is 2. The van der Waals surface area contributed by atoms with Crippen LogP contribution in [0.3, 0.4) is 0 Å². The number of aliphatic imine (C=N–C) groups is 1. The smallest absolute Gasteiger partial charge is 0.194 e. The first-order chi connectivity index (χ1) is 13.7. The number of guanidine groups is 1. The molecule has 1 heterocycles. The van der Waals surface area contributed by atoms with Crippen LogP contribution in [0.25, 0.3) is 0 Å². The molecule has 6 nitrogen and oxygen atoms in total. The Hall–Kier alpha value is -0.770. The highest BCUT2D eigenvalue weighted by Crippen LogP contribution is 2.24. The molecule has 1 N–H and O–H groups in total. The summed E-state index contributed by atoms with van der Waals surface area (Å²) in [7, 11) is 1.72. The van der Waals surface area contributed by atoms with Crippen LogP contribution < -0.4 is 10.1 Å². The molecular weight excluding hydrogens is 505 g/mol. The molecule has 0 unspecified atom stereocenters. The largest absolute Gasteiger partial charge is 0.493 e. The third-order valence-corrected chi connectivity index (χ3v) is 4.89. The lowest BCUT2D eigenvalue weighted by molar-refractivity contribution is 0.00990. The molecule has 8 heteroatoms. The van der Waals surface area contributed by atoms with E-state index < -0.39 is 0 Å². The van der Waals surface area contributed by atoms with Crippen molar-refractivity contribution in [1.82, 2.24) is 10.2 Å². The van der Waals surface area contributed by atoms with E-state index in [4.69, 9.17) is 30.8 Å². The number of likely N-dealkylation sites (tertiary alicyclic amines) is 1. The van der Waals surface area contributed by atoms with E-state index in [-0.39, 0.29) is 24.0 Å². The Balaban J connectivity index is 0.00000420. The van der Waals surface area contributed by atoms with Crippen molar-refractivity contribution in [2.45, 2.75) is 45.8 Å². The summed E-state index contributed by atoms with van der Waals surface area (Å²) < 4.78 is 16.7. The molecular formula is C21H35ClIN3O3. The van der Waals surface area contributed by atoms with Crippen LogP contribution in [0.2, 0.25) is 5.02 Å². The summed E-state index contributed by atoms with van der Waals surface area (Å²) in [6.45, 7) is 9.48. The van der Waals surface area contributed by atoms with Gasteiger partial charge in [-0.25, -0.2) is 4.99 Å². The molecule has 0 saturated carbocycles. The van der Waals surface area contributed by atoms with Crippen LogP contribution in [0.1, 0.15) is 38.7 Å². The number of nitrogens with zero attached hydrogens (tertiary/aromatic N) is 2. The van der Waals surface area contributed by atoms with E-state index in [2.05, 4.69) is 17.1 Å². The fourth-order valence-electron chi connectivity index (χ4n) is 3.22. The van der Waals surface area contributed by atoms with Gasteiger partial charge in [0.15, 0.2) is 5.96 Å². The summed E-state index contributed by atoms with van der Waals surface area (Å²) in [5.74, 6) is 1.75. The number of nitrogens with one attached hydrogen (secondary N) is 1. The van der Waals surface area contributed by atoms with Crippen LogP contribution in [0, 0.1) is 0 Å². The van der Waals surface area contributed by atoms with Gasteiger partial charge in [0.25, 0.3) is 0 Å². The minimum absolute atomic E-state index is 0. The molecule has 0 amide bonds. The fourth-order valence-corrected chi connectivity index (χ4v) is 3.38. The Labute approximate surface area is 197 Å². The molecule has 1 saturated heterocycles. The van der Waals surface area contributed by atoms with Crippen molar-refractivity contribution in [2.24, 2.45) is 4.99 Å². The lowest BCUT2D eigenvalue weighted by atomic mass is 10.1. The van der Waals surface area contributed by atoms with Gasteiger partial charge < -0.3 is 24.4 Å². The molecule has 166 valence electrons. The summed E-state index contributed by atoms with van der Waals surface area (Å²) >= 11 is 6.10. The molecule has 1 aromatic carbocycles. The molecule has 0 aliphatic carbocycles. The fraction of sp³-hybridized carbons (Fsp3) is 0.667. The third kappa shape index (κ3) is 9.27. The molecule has 1 aliphatic rings. The Kier molecular flexibility index (Phi) is 13.7. The molecule has 0 atom stereocenters. The summed E-state index contributed by atoms with van der Waals surface area (Å²) in [5, 5.41) is 4.09. The molecule has 1 aromatic rings. The molecule has 0 spiro atoms. The number of piperidine rings is 1. The summed E-state index contributed by atoms with van der Waals surface area (Å²) in [4.78, 5) is 7.16. The number of rotatable bonds is 10. The van der Waals surface area contributed by atoms with E-state index in [1.807, 2.05) is 25.1 Å². The Morgan fingerprint density at radius 1 is 1.24 bits per heavy atom. The summed E-state index contributed by atoms with van der Waals surface area (Å²) in [5.41, 5.74) is 1.04. The summed E-state index contributed by atoms with van der Waals surface area (Å²) in [6.07, 6.45) is 3.31. The van der Waals surface area contributed by atoms with Gasteiger partial charge in [-0.1, -0.05) is 17.7 Å². The Morgan fingerprint density at radius 2 is 2.00 bits per heavy atom. The molecule has 1 fully saturated rings. The van der Waals surface area contributed by atoms with Crippen molar-refractivity contribution in [1.29, 1.82) is 0 Å². The van der Waals surface area contributed by atoms with Crippen molar-refractivity contribution >= 4 is 41.5 Å². The van der Waals surface area contributed by atoms with Gasteiger partial charge in [-0.2, -0.15) is 0 Å². The van der Waals surface area contributed by atoms with Gasteiger partial charge in [-0.15, -0.1) is 24.0 Å². The Bertz CT molecular complexity index is 611. The lowest BCUT2D eigenvalue weighted by Gasteiger charge is -2.34. The van der Waals surface area contributed by atoms with Crippen LogP contribution in [0.5, 0.6) is 5.75 Å². The van der Waals surface area contributed by atoms with Gasteiger partial charge >= 0.3 is 0 Å². The van der Waals surface area contributed by atoms with Crippen LogP contribution in [-0.2, 0) is 16.0 Å². The van der Waals surface area contributed by atoms with Crippen molar-refractivity contribution in [3.05, 3.63) is 28.8 Å². The van der Waals surface area contributed by atoms with Crippen molar-refractivity contribution in [3.8, 4) is 5.75 Å². The maximum atomic E-state index is 6.10. The first-order valence-electron chi connectivity index (χ1n) is 10.2. The van der Waals surface area contributed by atoms with Crippen molar-refractivity contribution < 1.29 is 14.2 Å². The van der Waals surface area contributed by atoms with E-state index in [1.165, 1.54) is 0 Å². The standard InChI is InChI=1S/C21H34ClN3O3.HI/c1-4-23-21(24-16-17-7-8-18(22)15-20(17)27-5-2)25-11-9-19(10-12-25)28-14-6-13-26-3;/h7-8,15,19H,4-6,9-14,16H2,1-3H3,(H,23,24);1H. The number of benzene rings is 1. The first kappa shape index (κ1) is 26.3. The summed E-state index contributed by atoms with van der Waals surface area (Å²) in [6, 6.07) is 5.73. The van der Waals surface area contributed by atoms with E-state index in [1.54, 1.807) is 7.11 Å². The van der Waals surface area contributed by atoms with E-state index >= 15 is 0 Å². The lowest BCUT2D eigenvalue weighted by Crippen LogP contribution is -2.47. The zero-order valence-electron chi connectivity index (χ0n) is 17.8. The van der Waals surface area contributed by atoms with Gasteiger partial charge in [0.2, 0.25) is 0 Å². The molecule has 29 heavy (non-hydrogen) atoms. The molecule has 1 aliphatic heterocycles. The van der Waals surface area contributed by atoms with Crippen LogP contribution in [0.15, 0.2) is 23.2 Å². The number of hydrogen-bond donors (Lipinski definition) is 1. The predicted octanol–water partition coefficient (Wildman–Crippen LogP) is 4.34. The number of methoxy groups -OCH3 is 1. The number of hydrogen-bond acceptors (Lipinski definition) is 4. The van der Waals surface area contributed by atoms with Gasteiger partial charge in [0.1, 0.15) is 5.75 Å². The van der Waals surface area contributed by atoms with Gasteiger partial charge in [-0.05, 0) is 45.2 Å². The van der Waals surface area contributed by atoms with Crippen LogP contribution in [0.4, 0.5) is 0 Å². The normalized spacial score (nSPS) is 15.2. The minimum Gasteiger partial charge on any atom is -0.493 e. The maximum absolute atomic E-state index is 6.10. The van der Waals surface area contributed by atoms with Gasteiger partial charge in [0, 0.05) is 50.5 Å². The highest BCUT2D eigenvalue weighted by Gasteiger charge is 2.22. The van der Waals surface area contributed by atoms with Gasteiger partial charge in [-0.3, -0.25) is 0 Å². The molecule has 0 bridgehead atoms. The zero-order chi connectivity index (χ0) is 20.2. The minimum atomic E-state index is 0. The molecule has 0 radical (unpaired) electrons. The highest BCUT2D eigenvalue weighted by molar-refractivity contribution is 14.0. The van der Waals surface area contributed by atoms with Crippen molar-refractivity contribution in [2.75, 3.05) is 46.6 Å². The number of ether oxygens (including phenoxy) is 3. The van der Waals surface area contributed by atoms with Crippen molar-refractivity contribution in [3.63, 3.8) is 0 Å². The quantitative estimate of drug-likeness (QED) is 0.208. The first-order valence-corrected chi connectivity index (χ1v) is 10.6. The van der Waals surface area contributed by atoms with E-state index in [0.29, 0.717) is 24.3 Å². The van der Waals surface area contributed by atoms with E-state index in [0.717, 1.165) is 69.4 Å². The van der Waals surface area contributed by atoms with Crippen LogP contribution >= 0.6 is 35.6 Å². The molecule has 2 rings (SSSR count). The monoisotopic (exact) mass is 539 g/mol. The predicted molar refractivity (Wildman–Crippen MR) is 130 cm³/mol.